The van der Waals surface area contributed by atoms with E-state index in [1.165, 1.54) is 26.0 Å². The van der Waals surface area contributed by atoms with Crippen molar-refractivity contribution in [1.82, 2.24) is 0 Å². The van der Waals surface area contributed by atoms with E-state index in [1.807, 2.05) is 0 Å². The van der Waals surface area contributed by atoms with Crippen LogP contribution >= 0.6 is 35.1 Å². The summed E-state index contributed by atoms with van der Waals surface area (Å²) in [7, 11) is 3.05. The molecule has 116 valence electrons. The van der Waals surface area contributed by atoms with E-state index in [0.29, 0.717) is 28.0 Å². The zero-order valence-corrected chi connectivity index (χ0v) is 14.5. The van der Waals surface area contributed by atoms with Gasteiger partial charge in [0.2, 0.25) is 5.12 Å². The third-order valence-corrected chi connectivity index (χ3v) is 4.97. The van der Waals surface area contributed by atoms with Crippen LogP contribution < -0.4 is 9.47 Å². The average molecular weight is 356 g/mol. The molecule has 4 nitrogen and oxygen atoms in total. The fraction of sp³-hybridized carbons (Fsp3) is 0.200. The van der Waals surface area contributed by atoms with Crippen molar-refractivity contribution in [2.45, 2.75) is 0 Å². The minimum absolute atomic E-state index is 0.0857. The number of hydrogen-bond acceptors (Lipinski definition) is 6. The molecule has 1 aliphatic rings. The summed E-state index contributed by atoms with van der Waals surface area (Å²) in [6, 6.07) is 3.46. The zero-order valence-electron chi connectivity index (χ0n) is 12.1. The second kappa shape index (κ2) is 7.76. The molecule has 1 aliphatic heterocycles. The van der Waals surface area contributed by atoms with Crippen LogP contribution in [0.15, 0.2) is 35.5 Å². The fourth-order valence-corrected chi connectivity index (χ4v) is 3.66. The normalized spacial score (nSPS) is 15.9. The van der Waals surface area contributed by atoms with Crippen molar-refractivity contribution in [3.05, 3.63) is 41.1 Å². The maximum absolute atomic E-state index is 12.0. The number of halogens is 1. The van der Waals surface area contributed by atoms with Gasteiger partial charge >= 0.3 is 0 Å². The Bertz CT molecular complexity index is 671. The van der Waals surface area contributed by atoms with Crippen molar-refractivity contribution in [3.63, 3.8) is 0 Å². The smallest absolute Gasteiger partial charge is 0.244 e. The van der Waals surface area contributed by atoms with Gasteiger partial charge in [0.25, 0.3) is 0 Å². The van der Waals surface area contributed by atoms with E-state index in [-0.39, 0.29) is 5.12 Å². The first kappa shape index (κ1) is 17.0. The largest absolute Gasteiger partial charge is 0.493 e. The van der Waals surface area contributed by atoms with E-state index < -0.39 is 0 Å². The minimum Gasteiger partial charge on any atom is -0.493 e. The van der Waals surface area contributed by atoms with E-state index in [1.54, 1.807) is 24.3 Å². The number of thioether (sulfide) groups is 2. The standard InChI is InChI=1S/C15H14ClNO3S2/c1-4-5-21-15-17-11(14(18)22-15)7-9-6-10(16)13(20-3)12(8-9)19-2/h4,6-8H,1,5H2,2-3H3/b11-7-. The molecule has 0 saturated carbocycles. The van der Waals surface area contributed by atoms with Crippen molar-refractivity contribution >= 4 is 50.7 Å². The third-order valence-electron chi connectivity index (χ3n) is 2.68. The predicted octanol–water partition coefficient (Wildman–Crippen LogP) is 4.25. The summed E-state index contributed by atoms with van der Waals surface area (Å²) in [6.45, 7) is 3.65. The lowest BCUT2D eigenvalue weighted by Crippen LogP contribution is -1.93. The monoisotopic (exact) mass is 355 g/mol. The molecule has 1 heterocycles. The Morgan fingerprint density at radius 3 is 2.82 bits per heavy atom. The molecule has 1 aromatic rings. The van der Waals surface area contributed by atoms with Crippen LogP contribution in [-0.4, -0.2) is 29.5 Å². The summed E-state index contributed by atoms with van der Waals surface area (Å²) in [5, 5.41) is 0.328. The van der Waals surface area contributed by atoms with E-state index in [4.69, 9.17) is 21.1 Å². The molecule has 0 spiro atoms. The van der Waals surface area contributed by atoms with Gasteiger partial charge in [-0.2, -0.15) is 0 Å². The van der Waals surface area contributed by atoms with E-state index >= 15 is 0 Å². The molecule has 22 heavy (non-hydrogen) atoms. The summed E-state index contributed by atoms with van der Waals surface area (Å²) in [5.41, 5.74) is 1.12. The quantitative estimate of drug-likeness (QED) is 0.583. The Hall–Kier alpha value is -1.37. The van der Waals surface area contributed by atoms with Crippen molar-refractivity contribution in [3.8, 4) is 11.5 Å². The van der Waals surface area contributed by atoms with Gasteiger partial charge in [-0.05, 0) is 35.5 Å². The molecule has 0 radical (unpaired) electrons. The molecule has 0 bridgehead atoms. The predicted molar refractivity (Wildman–Crippen MR) is 95.2 cm³/mol. The van der Waals surface area contributed by atoms with Crippen LogP contribution in [0.25, 0.3) is 6.08 Å². The highest BCUT2D eigenvalue weighted by Crippen LogP contribution is 2.37. The van der Waals surface area contributed by atoms with E-state index in [2.05, 4.69) is 11.6 Å². The van der Waals surface area contributed by atoms with Gasteiger partial charge < -0.3 is 9.47 Å². The molecule has 2 rings (SSSR count). The highest BCUT2D eigenvalue weighted by Gasteiger charge is 2.22. The molecule has 0 aliphatic carbocycles. The molecule has 0 N–H and O–H groups in total. The lowest BCUT2D eigenvalue weighted by molar-refractivity contribution is -0.107. The summed E-state index contributed by atoms with van der Waals surface area (Å²) in [5.74, 6) is 1.68. The van der Waals surface area contributed by atoms with Crippen molar-refractivity contribution in [2.24, 2.45) is 4.99 Å². The molecule has 0 fully saturated rings. The van der Waals surface area contributed by atoms with Crippen LogP contribution in [0.5, 0.6) is 11.5 Å². The second-order valence-electron chi connectivity index (χ2n) is 4.13. The summed E-state index contributed by atoms with van der Waals surface area (Å²) < 4.78 is 11.2. The van der Waals surface area contributed by atoms with Crippen LogP contribution in [0, 0.1) is 0 Å². The fourth-order valence-electron chi connectivity index (χ4n) is 1.76. The van der Waals surface area contributed by atoms with E-state index in [9.17, 15) is 4.79 Å². The SMILES string of the molecule is C=CCSC1=N/C(=C\c2cc(Cl)c(OC)c(OC)c2)C(=O)S1. The highest BCUT2D eigenvalue weighted by molar-refractivity contribution is 8.45. The third kappa shape index (κ3) is 3.88. The number of carbonyl (C=O) groups excluding carboxylic acids is 1. The Kier molecular flexibility index (Phi) is 5.99. The van der Waals surface area contributed by atoms with Crippen LogP contribution in [-0.2, 0) is 4.79 Å². The lowest BCUT2D eigenvalue weighted by Gasteiger charge is -2.10. The molecule has 0 aromatic heterocycles. The molecule has 1 aromatic carbocycles. The van der Waals surface area contributed by atoms with Gasteiger partial charge in [-0.15, -0.1) is 6.58 Å². The van der Waals surface area contributed by atoms with Gasteiger partial charge in [0, 0.05) is 5.75 Å². The average Bonchev–Trinajstić information content (AvgIpc) is 2.84. The number of benzene rings is 1. The summed E-state index contributed by atoms with van der Waals surface area (Å²) >= 11 is 8.76. The Balaban J connectivity index is 2.32. The molecular formula is C15H14ClNO3S2. The molecule has 7 heteroatoms. The molecule has 0 atom stereocenters. The second-order valence-corrected chi connectivity index (χ2v) is 6.77. The Morgan fingerprint density at radius 1 is 1.41 bits per heavy atom. The number of rotatable bonds is 5. The number of aliphatic imine (C=N–C) groups is 1. The number of ether oxygens (including phenoxy) is 2. The van der Waals surface area contributed by atoms with Crippen LogP contribution in [0.3, 0.4) is 0 Å². The van der Waals surface area contributed by atoms with Gasteiger partial charge in [0.15, 0.2) is 11.5 Å². The van der Waals surface area contributed by atoms with Crippen LogP contribution in [0.2, 0.25) is 5.02 Å². The molecular weight excluding hydrogens is 342 g/mol. The van der Waals surface area contributed by atoms with Gasteiger partial charge in [-0.25, -0.2) is 4.99 Å². The van der Waals surface area contributed by atoms with E-state index in [0.717, 1.165) is 21.7 Å². The van der Waals surface area contributed by atoms with Crippen molar-refractivity contribution < 1.29 is 14.3 Å². The Labute approximate surface area is 142 Å². The Morgan fingerprint density at radius 2 is 2.18 bits per heavy atom. The first-order valence-electron chi connectivity index (χ1n) is 6.26. The van der Waals surface area contributed by atoms with Crippen molar-refractivity contribution in [2.75, 3.05) is 20.0 Å². The van der Waals surface area contributed by atoms with Gasteiger partial charge in [-0.3, -0.25) is 4.79 Å². The molecule has 0 amide bonds. The highest BCUT2D eigenvalue weighted by atomic mass is 35.5. The molecule has 0 unspecified atom stereocenters. The number of methoxy groups -OCH3 is 2. The first-order valence-corrected chi connectivity index (χ1v) is 8.44. The maximum Gasteiger partial charge on any atom is 0.244 e. The summed E-state index contributed by atoms with van der Waals surface area (Å²) in [6.07, 6.45) is 3.46. The topological polar surface area (TPSA) is 47.9 Å². The summed E-state index contributed by atoms with van der Waals surface area (Å²) in [4.78, 5) is 16.3. The van der Waals surface area contributed by atoms with Crippen LogP contribution in [0.4, 0.5) is 0 Å². The minimum atomic E-state index is -0.0857. The zero-order chi connectivity index (χ0) is 16.1. The van der Waals surface area contributed by atoms with Crippen LogP contribution in [0.1, 0.15) is 5.56 Å². The number of carbonyl (C=O) groups is 1. The first-order chi connectivity index (χ1) is 10.6. The number of hydrogen-bond donors (Lipinski definition) is 0. The van der Waals surface area contributed by atoms with Gasteiger partial charge in [-0.1, -0.05) is 29.4 Å². The molecule has 0 saturated heterocycles. The lowest BCUT2D eigenvalue weighted by atomic mass is 10.1. The van der Waals surface area contributed by atoms with Gasteiger partial charge in [0.1, 0.15) is 10.1 Å². The van der Waals surface area contributed by atoms with Gasteiger partial charge in [0.05, 0.1) is 19.2 Å². The van der Waals surface area contributed by atoms with Crippen molar-refractivity contribution in [1.29, 1.82) is 0 Å². The number of nitrogens with zero attached hydrogens (tertiary/aromatic N) is 1. The maximum atomic E-state index is 12.0.